The Labute approximate surface area is 182 Å². The van der Waals surface area contributed by atoms with Crippen LogP contribution in [0.15, 0.2) is 54.6 Å². The molecule has 7 nitrogen and oxygen atoms in total. The van der Waals surface area contributed by atoms with Gasteiger partial charge in [0, 0.05) is 32.7 Å². The van der Waals surface area contributed by atoms with Crippen molar-refractivity contribution in [3.63, 3.8) is 0 Å². The monoisotopic (exact) mass is 423 g/mol. The molecule has 2 aromatic rings. The van der Waals surface area contributed by atoms with Crippen molar-refractivity contribution >= 4 is 11.8 Å². The van der Waals surface area contributed by atoms with Gasteiger partial charge < -0.3 is 20.1 Å². The molecule has 0 radical (unpaired) electrons. The molecule has 164 valence electrons. The average molecular weight is 424 g/mol. The number of nitrogens with one attached hydrogen (secondary N) is 1. The summed E-state index contributed by atoms with van der Waals surface area (Å²) >= 11 is 0. The Morgan fingerprint density at radius 2 is 1.77 bits per heavy atom. The molecule has 0 aromatic heterocycles. The number of benzene rings is 2. The number of likely N-dealkylation sites (tertiary alicyclic amines) is 1. The number of carbonyl (C=O) groups excluding carboxylic acids is 2. The highest BCUT2D eigenvalue weighted by Gasteiger charge is 2.33. The SMILES string of the molecule is O=C1NCCN(Cc2cccc(Oc3ccccc3)c2)C1CC(=O)N1CCC(O)CC1. The number of para-hydroxylation sites is 1. The molecule has 0 bridgehead atoms. The fourth-order valence-corrected chi connectivity index (χ4v) is 4.15. The third kappa shape index (κ3) is 5.62. The van der Waals surface area contributed by atoms with Crippen molar-refractivity contribution in [1.82, 2.24) is 15.1 Å². The molecular formula is C24H29N3O4. The topological polar surface area (TPSA) is 82.1 Å². The van der Waals surface area contributed by atoms with Crippen LogP contribution in [-0.4, -0.2) is 65.0 Å². The van der Waals surface area contributed by atoms with Crippen LogP contribution >= 0.6 is 0 Å². The van der Waals surface area contributed by atoms with E-state index in [2.05, 4.69) is 10.2 Å². The van der Waals surface area contributed by atoms with Gasteiger partial charge in [-0.1, -0.05) is 30.3 Å². The van der Waals surface area contributed by atoms with E-state index in [9.17, 15) is 14.7 Å². The molecule has 4 rings (SSSR count). The van der Waals surface area contributed by atoms with Gasteiger partial charge in [-0.2, -0.15) is 0 Å². The van der Waals surface area contributed by atoms with Crippen LogP contribution in [0.3, 0.4) is 0 Å². The molecule has 2 aliphatic rings. The van der Waals surface area contributed by atoms with Crippen LogP contribution < -0.4 is 10.1 Å². The first-order chi connectivity index (χ1) is 15.1. The molecule has 1 unspecified atom stereocenters. The Hall–Kier alpha value is -2.90. The number of hydrogen-bond donors (Lipinski definition) is 2. The molecule has 2 amide bonds. The number of ether oxygens (including phenoxy) is 1. The fourth-order valence-electron chi connectivity index (χ4n) is 4.15. The van der Waals surface area contributed by atoms with Crippen molar-refractivity contribution in [2.75, 3.05) is 26.2 Å². The fraction of sp³-hybridized carbons (Fsp3) is 0.417. The molecule has 2 N–H and O–H groups in total. The van der Waals surface area contributed by atoms with Crippen LogP contribution in [0.1, 0.15) is 24.8 Å². The number of carbonyl (C=O) groups is 2. The standard InChI is InChI=1S/C24H29N3O4/c28-19-9-12-26(13-10-19)23(29)16-22-24(30)25-11-14-27(22)17-18-5-4-8-21(15-18)31-20-6-2-1-3-7-20/h1-8,15,19,22,28H,9-14,16-17H2,(H,25,30). The number of hydrogen-bond acceptors (Lipinski definition) is 5. The van der Waals surface area contributed by atoms with E-state index >= 15 is 0 Å². The van der Waals surface area contributed by atoms with E-state index in [4.69, 9.17) is 4.74 Å². The van der Waals surface area contributed by atoms with Gasteiger partial charge in [0.2, 0.25) is 11.8 Å². The quantitative estimate of drug-likeness (QED) is 0.744. The Kier molecular flexibility index (Phi) is 6.84. The zero-order valence-corrected chi connectivity index (χ0v) is 17.6. The number of aliphatic hydroxyl groups is 1. The normalized spacial score (nSPS) is 20.4. The minimum absolute atomic E-state index is 0.0277. The second-order valence-electron chi connectivity index (χ2n) is 8.16. The first kappa shape index (κ1) is 21.3. The Balaban J connectivity index is 1.41. The van der Waals surface area contributed by atoms with Crippen molar-refractivity contribution in [2.45, 2.75) is 38.0 Å². The van der Waals surface area contributed by atoms with E-state index < -0.39 is 6.04 Å². The lowest BCUT2D eigenvalue weighted by atomic mass is 10.0. The van der Waals surface area contributed by atoms with Gasteiger partial charge >= 0.3 is 0 Å². The zero-order valence-electron chi connectivity index (χ0n) is 17.6. The summed E-state index contributed by atoms with van der Waals surface area (Å²) in [5.41, 5.74) is 1.03. The van der Waals surface area contributed by atoms with Gasteiger partial charge in [-0.05, 0) is 42.7 Å². The number of rotatable bonds is 6. The molecule has 31 heavy (non-hydrogen) atoms. The third-order valence-corrected chi connectivity index (χ3v) is 5.89. The molecule has 2 heterocycles. The summed E-state index contributed by atoms with van der Waals surface area (Å²) in [6, 6.07) is 16.9. The molecule has 0 saturated carbocycles. The lowest BCUT2D eigenvalue weighted by Crippen LogP contribution is -2.56. The molecular weight excluding hydrogens is 394 g/mol. The van der Waals surface area contributed by atoms with Crippen molar-refractivity contribution in [1.29, 1.82) is 0 Å². The summed E-state index contributed by atoms with van der Waals surface area (Å²) in [6.07, 6.45) is 1.02. The van der Waals surface area contributed by atoms with Gasteiger partial charge in [0.25, 0.3) is 0 Å². The van der Waals surface area contributed by atoms with Crippen LogP contribution in [0.25, 0.3) is 0 Å². The lowest BCUT2D eigenvalue weighted by Gasteiger charge is -2.37. The highest BCUT2D eigenvalue weighted by molar-refractivity contribution is 5.88. The van der Waals surface area contributed by atoms with Gasteiger partial charge in [0.05, 0.1) is 18.6 Å². The van der Waals surface area contributed by atoms with E-state index in [1.165, 1.54) is 0 Å². The maximum atomic E-state index is 12.8. The largest absolute Gasteiger partial charge is 0.457 e. The van der Waals surface area contributed by atoms with Crippen molar-refractivity contribution in [3.8, 4) is 11.5 Å². The number of amides is 2. The highest BCUT2D eigenvalue weighted by atomic mass is 16.5. The maximum Gasteiger partial charge on any atom is 0.237 e. The average Bonchev–Trinajstić information content (AvgIpc) is 2.77. The van der Waals surface area contributed by atoms with Crippen LogP contribution in [0, 0.1) is 0 Å². The summed E-state index contributed by atoms with van der Waals surface area (Å²) < 4.78 is 5.93. The number of aliphatic hydroxyl groups excluding tert-OH is 1. The van der Waals surface area contributed by atoms with Gasteiger partial charge in [-0.25, -0.2) is 0 Å². The minimum atomic E-state index is -0.494. The molecule has 2 aliphatic heterocycles. The van der Waals surface area contributed by atoms with E-state index in [-0.39, 0.29) is 24.3 Å². The van der Waals surface area contributed by atoms with E-state index in [1.54, 1.807) is 4.90 Å². The predicted molar refractivity (Wildman–Crippen MR) is 117 cm³/mol. The molecule has 2 aromatic carbocycles. The Morgan fingerprint density at radius 1 is 1.03 bits per heavy atom. The number of nitrogens with zero attached hydrogens (tertiary/aromatic N) is 2. The second-order valence-corrected chi connectivity index (χ2v) is 8.16. The van der Waals surface area contributed by atoms with Gasteiger partial charge in [-0.3, -0.25) is 14.5 Å². The predicted octanol–water partition coefficient (Wildman–Crippen LogP) is 2.15. The van der Waals surface area contributed by atoms with Crippen LogP contribution in [0.5, 0.6) is 11.5 Å². The van der Waals surface area contributed by atoms with Crippen LogP contribution in [-0.2, 0) is 16.1 Å². The first-order valence-corrected chi connectivity index (χ1v) is 10.9. The molecule has 2 fully saturated rings. The molecule has 7 heteroatoms. The summed E-state index contributed by atoms with van der Waals surface area (Å²) in [4.78, 5) is 29.2. The first-order valence-electron chi connectivity index (χ1n) is 10.9. The summed E-state index contributed by atoms with van der Waals surface area (Å²) in [7, 11) is 0. The molecule has 0 aliphatic carbocycles. The van der Waals surface area contributed by atoms with E-state index in [1.807, 2.05) is 54.6 Å². The van der Waals surface area contributed by atoms with E-state index in [0.717, 1.165) is 17.1 Å². The van der Waals surface area contributed by atoms with Gasteiger partial charge in [-0.15, -0.1) is 0 Å². The van der Waals surface area contributed by atoms with Crippen molar-refractivity contribution in [3.05, 3.63) is 60.2 Å². The Morgan fingerprint density at radius 3 is 2.55 bits per heavy atom. The summed E-state index contributed by atoms with van der Waals surface area (Å²) in [5.74, 6) is 1.38. The lowest BCUT2D eigenvalue weighted by molar-refractivity contribution is -0.140. The molecule has 1 atom stereocenters. The summed E-state index contributed by atoms with van der Waals surface area (Å²) in [6.45, 7) is 2.92. The smallest absolute Gasteiger partial charge is 0.237 e. The van der Waals surface area contributed by atoms with Gasteiger partial charge in [0.15, 0.2) is 0 Å². The second kappa shape index (κ2) is 9.94. The zero-order chi connectivity index (χ0) is 21.6. The highest BCUT2D eigenvalue weighted by Crippen LogP contribution is 2.24. The van der Waals surface area contributed by atoms with Gasteiger partial charge in [0.1, 0.15) is 11.5 Å². The van der Waals surface area contributed by atoms with Crippen molar-refractivity contribution in [2.24, 2.45) is 0 Å². The van der Waals surface area contributed by atoms with E-state index in [0.29, 0.717) is 45.6 Å². The third-order valence-electron chi connectivity index (χ3n) is 5.89. The number of piperidine rings is 1. The molecule has 0 spiro atoms. The van der Waals surface area contributed by atoms with Crippen molar-refractivity contribution < 1.29 is 19.4 Å². The van der Waals surface area contributed by atoms with Crippen LogP contribution in [0.4, 0.5) is 0 Å². The summed E-state index contributed by atoms with van der Waals surface area (Å²) in [5, 5.41) is 12.6. The minimum Gasteiger partial charge on any atom is -0.457 e. The molecule has 2 saturated heterocycles. The Bertz CT molecular complexity index is 897. The van der Waals surface area contributed by atoms with Crippen LogP contribution in [0.2, 0.25) is 0 Å². The number of piperazine rings is 1. The maximum absolute atomic E-state index is 12.8.